The average molecular weight is 312 g/mol. The van der Waals surface area contributed by atoms with E-state index in [1.165, 1.54) is 15.6 Å². The Hall–Kier alpha value is -0.380. The van der Waals surface area contributed by atoms with E-state index >= 15 is 0 Å². The molecule has 0 bridgehead atoms. The molecule has 1 fully saturated rings. The van der Waals surface area contributed by atoms with Crippen LogP contribution in [0, 0.1) is 12.8 Å². The van der Waals surface area contributed by atoms with Crippen LogP contribution in [0.5, 0.6) is 0 Å². The van der Waals surface area contributed by atoms with Crippen LogP contribution in [-0.2, 0) is 4.74 Å². The van der Waals surface area contributed by atoms with Crippen LogP contribution in [0.15, 0.2) is 22.7 Å². The molecule has 1 aromatic rings. The molecule has 2 rings (SSSR count). The van der Waals surface area contributed by atoms with Gasteiger partial charge in [0.25, 0.3) is 0 Å². The lowest BCUT2D eigenvalue weighted by atomic mass is 9.86. The third-order valence-electron chi connectivity index (χ3n) is 3.72. The van der Waals surface area contributed by atoms with Crippen molar-refractivity contribution in [1.29, 1.82) is 0 Å². The van der Waals surface area contributed by atoms with E-state index in [-0.39, 0.29) is 0 Å². The van der Waals surface area contributed by atoms with E-state index in [2.05, 4.69) is 53.3 Å². The fraction of sp³-hybridized carbons (Fsp3) is 0.600. The van der Waals surface area contributed by atoms with Crippen molar-refractivity contribution in [2.45, 2.75) is 32.7 Å². The molecule has 1 aliphatic rings. The quantitative estimate of drug-likeness (QED) is 0.912. The predicted molar refractivity (Wildman–Crippen MR) is 78.8 cm³/mol. The van der Waals surface area contributed by atoms with Crippen molar-refractivity contribution in [1.82, 2.24) is 5.32 Å². The van der Waals surface area contributed by atoms with Crippen LogP contribution >= 0.6 is 15.9 Å². The molecule has 0 aliphatic carbocycles. The fourth-order valence-corrected chi connectivity index (χ4v) is 3.22. The van der Waals surface area contributed by atoms with E-state index in [0.717, 1.165) is 32.6 Å². The summed E-state index contributed by atoms with van der Waals surface area (Å²) in [5.41, 5.74) is 2.70. The molecule has 1 saturated heterocycles. The second-order valence-electron chi connectivity index (χ2n) is 4.96. The lowest BCUT2D eigenvalue weighted by Gasteiger charge is -2.32. The van der Waals surface area contributed by atoms with Crippen LogP contribution in [0.25, 0.3) is 0 Å². The first-order valence-electron chi connectivity index (χ1n) is 6.80. The Labute approximate surface area is 118 Å². The van der Waals surface area contributed by atoms with E-state index in [1.54, 1.807) is 0 Å². The Morgan fingerprint density at radius 3 is 2.78 bits per heavy atom. The van der Waals surface area contributed by atoms with E-state index in [4.69, 9.17) is 4.74 Å². The largest absolute Gasteiger partial charge is 0.381 e. The van der Waals surface area contributed by atoms with Gasteiger partial charge < -0.3 is 10.1 Å². The van der Waals surface area contributed by atoms with Gasteiger partial charge >= 0.3 is 0 Å². The van der Waals surface area contributed by atoms with E-state index in [0.29, 0.717) is 12.0 Å². The molecule has 1 aromatic carbocycles. The molecule has 0 radical (unpaired) electrons. The number of halogens is 1. The maximum Gasteiger partial charge on any atom is 0.0469 e. The maximum absolute atomic E-state index is 5.48. The van der Waals surface area contributed by atoms with Crippen LogP contribution in [0.1, 0.15) is 36.9 Å². The highest BCUT2D eigenvalue weighted by Gasteiger charge is 2.26. The normalized spacial score (nSPS) is 18.8. The zero-order valence-corrected chi connectivity index (χ0v) is 12.8. The first kappa shape index (κ1) is 14.0. The van der Waals surface area contributed by atoms with Gasteiger partial charge in [-0.05, 0) is 43.4 Å². The summed E-state index contributed by atoms with van der Waals surface area (Å²) in [6.45, 7) is 7.13. The van der Waals surface area contributed by atoms with Gasteiger partial charge in [-0.25, -0.2) is 0 Å². The van der Waals surface area contributed by atoms with Crippen molar-refractivity contribution in [3.63, 3.8) is 0 Å². The topological polar surface area (TPSA) is 21.3 Å². The van der Waals surface area contributed by atoms with E-state index in [9.17, 15) is 0 Å². The molecule has 100 valence electrons. The molecule has 1 atom stereocenters. The smallest absolute Gasteiger partial charge is 0.0469 e. The maximum atomic E-state index is 5.48. The first-order chi connectivity index (χ1) is 8.74. The van der Waals surface area contributed by atoms with E-state index in [1.807, 2.05) is 0 Å². The number of ether oxygens (including phenoxy) is 1. The summed E-state index contributed by atoms with van der Waals surface area (Å²) in [6.07, 6.45) is 2.30. The Morgan fingerprint density at radius 1 is 1.39 bits per heavy atom. The summed E-state index contributed by atoms with van der Waals surface area (Å²) in [7, 11) is 0. The second kappa shape index (κ2) is 6.69. The molecule has 18 heavy (non-hydrogen) atoms. The van der Waals surface area contributed by atoms with Crippen molar-refractivity contribution in [3.05, 3.63) is 33.8 Å². The van der Waals surface area contributed by atoms with Crippen LogP contribution in [0.4, 0.5) is 0 Å². The lowest BCUT2D eigenvalue weighted by molar-refractivity contribution is 0.0537. The zero-order valence-electron chi connectivity index (χ0n) is 11.2. The molecule has 0 saturated carbocycles. The van der Waals surface area contributed by atoms with Gasteiger partial charge in [0.15, 0.2) is 0 Å². The number of benzene rings is 1. The van der Waals surface area contributed by atoms with Crippen molar-refractivity contribution in [2.75, 3.05) is 19.8 Å². The van der Waals surface area contributed by atoms with Crippen LogP contribution < -0.4 is 5.32 Å². The molecule has 1 heterocycles. The van der Waals surface area contributed by atoms with Gasteiger partial charge in [-0.2, -0.15) is 0 Å². The summed E-state index contributed by atoms with van der Waals surface area (Å²) in [5.74, 6) is 0.678. The highest BCUT2D eigenvalue weighted by atomic mass is 79.9. The van der Waals surface area contributed by atoms with Crippen molar-refractivity contribution >= 4 is 15.9 Å². The summed E-state index contributed by atoms with van der Waals surface area (Å²) in [6, 6.07) is 6.98. The molecule has 0 spiro atoms. The fourth-order valence-electron chi connectivity index (χ4n) is 2.71. The molecule has 3 heteroatoms. The summed E-state index contributed by atoms with van der Waals surface area (Å²) >= 11 is 3.75. The van der Waals surface area contributed by atoms with Crippen molar-refractivity contribution in [3.8, 4) is 0 Å². The minimum atomic E-state index is 0.438. The third kappa shape index (κ3) is 3.14. The number of hydrogen-bond donors (Lipinski definition) is 1. The van der Waals surface area contributed by atoms with Crippen molar-refractivity contribution in [2.24, 2.45) is 5.92 Å². The molecule has 0 aromatic heterocycles. The molecular weight excluding hydrogens is 290 g/mol. The molecule has 0 amide bonds. The number of nitrogens with one attached hydrogen (secondary N) is 1. The molecule has 1 unspecified atom stereocenters. The third-order valence-corrected chi connectivity index (χ3v) is 4.80. The molecule has 1 N–H and O–H groups in total. The number of rotatable bonds is 4. The minimum Gasteiger partial charge on any atom is -0.381 e. The second-order valence-corrected chi connectivity index (χ2v) is 5.76. The molecule has 2 nitrogen and oxygen atoms in total. The SMILES string of the molecule is CCNC(c1cccc(C)c1Br)C1CCOCC1. The lowest BCUT2D eigenvalue weighted by Crippen LogP contribution is -2.32. The van der Waals surface area contributed by atoms with E-state index < -0.39 is 0 Å². The Bertz CT molecular complexity index is 388. The zero-order chi connectivity index (χ0) is 13.0. The Morgan fingerprint density at radius 2 is 2.11 bits per heavy atom. The van der Waals surface area contributed by atoms with Crippen LogP contribution in [0.3, 0.4) is 0 Å². The summed E-state index contributed by atoms with van der Waals surface area (Å²) in [5, 5.41) is 3.65. The van der Waals surface area contributed by atoms with Crippen molar-refractivity contribution < 1.29 is 4.74 Å². The van der Waals surface area contributed by atoms with Gasteiger partial charge in [-0.15, -0.1) is 0 Å². The van der Waals surface area contributed by atoms with Crippen LogP contribution in [0.2, 0.25) is 0 Å². The Kier molecular flexibility index (Phi) is 5.22. The molecule has 1 aliphatic heterocycles. The Balaban J connectivity index is 2.25. The molecular formula is C15H22BrNO. The minimum absolute atomic E-state index is 0.438. The van der Waals surface area contributed by atoms with Gasteiger partial charge in [0.05, 0.1) is 0 Å². The monoisotopic (exact) mass is 311 g/mol. The van der Waals surface area contributed by atoms with Gasteiger partial charge in [0.2, 0.25) is 0 Å². The van der Waals surface area contributed by atoms with Crippen LogP contribution in [-0.4, -0.2) is 19.8 Å². The highest BCUT2D eigenvalue weighted by molar-refractivity contribution is 9.10. The average Bonchev–Trinajstić information content (AvgIpc) is 2.41. The number of hydrogen-bond acceptors (Lipinski definition) is 2. The van der Waals surface area contributed by atoms with Gasteiger partial charge in [0.1, 0.15) is 0 Å². The van der Waals surface area contributed by atoms with Gasteiger partial charge in [-0.3, -0.25) is 0 Å². The van der Waals surface area contributed by atoms with Gasteiger partial charge in [-0.1, -0.05) is 41.1 Å². The summed E-state index contributed by atoms with van der Waals surface area (Å²) in [4.78, 5) is 0. The standard InChI is InChI=1S/C15H22BrNO/c1-3-17-15(12-7-9-18-10-8-12)13-6-4-5-11(2)14(13)16/h4-6,12,15,17H,3,7-10H2,1-2H3. The number of aryl methyl sites for hydroxylation is 1. The summed E-state index contributed by atoms with van der Waals surface area (Å²) < 4.78 is 6.73. The predicted octanol–water partition coefficient (Wildman–Crippen LogP) is 3.83. The first-order valence-corrected chi connectivity index (χ1v) is 7.59. The van der Waals surface area contributed by atoms with Gasteiger partial charge in [0, 0.05) is 23.7 Å². The highest BCUT2D eigenvalue weighted by Crippen LogP contribution is 2.35.